The Morgan fingerprint density at radius 2 is 1.87 bits per heavy atom. The van der Waals surface area contributed by atoms with E-state index in [0.29, 0.717) is 12.6 Å². The fourth-order valence-corrected chi connectivity index (χ4v) is 2.92. The van der Waals surface area contributed by atoms with Gasteiger partial charge in [-0.1, -0.05) is 52.7 Å². The fraction of sp³-hybridized carbons (Fsp3) is 0.316. The van der Waals surface area contributed by atoms with Crippen LogP contribution in [0.2, 0.25) is 0 Å². The zero-order valence-electron chi connectivity index (χ0n) is 13.9. The number of carbonyl (C=O) groups excluding carboxylic acids is 1. The van der Waals surface area contributed by atoms with Gasteiger partial charge in [0.2, 0.25) is 0 Å². The highest BCUT2D eigenvalue weighted by atomic mass is 79.9. The Morgan fingerprint density at radius 1 is 1.17 bits per heavy atom. The van der Waals surface area contributed by atoms with Gasteiger partial charge in [0.1, 0.15) is 6.04 Å². The number of benzene rings is 2. The van der Waals surface area contributed by atoms with Crippen LogP contribution in [0.4, 0.5) is 5.69 Å². The minimum atomic E-state index is 0.0347. The van der Waals surface area contributed by atoms with Gasteiger partial charge in [-0.15, -0.1) is 0 Å². The predicted octanol–water partition coefficient (Wildman–Crippen LogP) is 3.72. The molecule has 0 aromatic heterocycles. The molecule has 4 heteroatoms. The van der Waals surface area contributed by atoms with Crippen molar-refractivity contribution in [2.24, 2.45) is 0 Å². The van der Waals surface area contributed by atoms with Crippen LogP contribution in [-0.4, -0.2) is 12.5 Å². The lowest BCUT2D eigenvalue weighted by molar-refractivity contribution is -0.686. The number of quaternary nitrogens is 1. The summed E-state index contributed by atoms with van der Waals surface area (Å²) >= 11 is 3.45. The van der Waals surface area contributed by atoms with Gasteiger partial charge in [-0.2, -0.15) is 0 Å². The molecule has 2 rings (SSSR count). The van der Waals surface area contributed by atoms with Crippen LogP contribution in [0, 0.1) is 13.8 Å². The van der Waals surface area contributed by atoms with E-state index in [9.17, 15) is 4.79 Å². The van der Waals surface area contributed by atoms with Crippen LogP contribution in [-0.2, 0) is 4.79 Å². The number of anilines is 1. The molecule has 0 aliphatic rings. The highest BCUT2D eigenvalue weighted by molar-refractivity contribution is 9.10. The summed E-state index contributed by atoms with van der Waals surface area (Å²) in [4.78, 5) is 12.2. The van der Waals surface area contributed by atoms with Crippen LogP contribution < -0.4 is 10.6 Å². The van der Waals surface area contributed by atoms with Crippen molar-refractivity contribution in [3.63, 3.8) is 0 Å². The van der Waals surface area contributed by atoms with E-state index in [0.717, 1.165) is 22.1 Å². The predicted molar refractivity (Wildman–Crippen MR) is 98.5 cm³/mol. The minimum absolute atomic E-state index is 0.0347. The zero-order valence-corrected chi connectivity index (χ0v) is 15.5. The van der Waals surface area contributed by atoms with Crippen LogP contribution >= 0.6 is 15.9 Å². The summed E-state index contributed by atoms with van der Waals surface area (Å²) in [5.74, 6) is 0.0347. The van der Waals surface area contributed by atoms with Crippen molar-refractivity contribution >= 4 is 27.5 Å². The number of nitrogens with one attached hydrogen (secondary N) is 1. The van der Waals surface area contributed by atoms with Gasteiger partial charge in [-0.05, 0) is 37.6 Å². The minimum Gasteiger partial charge on any atom is -0.332 e. The maximum absolute atomic E-state index is 12.2. The number of rotatable bonds is 6. The molecular formula is C19H24BrN2O+. The summed E-state index contributed by atoms with van der Waals surface area (Å²) in [5, 5.41) is 5.10. The first-order valence-electron chi connectivity index (χ1n) is 7.95. The fourth-order valence-electron chi connectivity index (χ4n) is 2.65. The highest BCUT2D eigenvalue weighted by Crippen LogP contribution is 2.17. The molecule has 0 heterocycles. The largest absolute Gasteiger partial charge is 0.332 e. The lowest BCUT2D eigenvalue weighted by Gasteiger charge is -2.15. The average Bonchev–Trinajstić information content (AvgIpc) is 2.52. The van der Waals surface area contributed by atoms with E-state index in [1.807, 2.05) is 31.2 Å². The molecule has 1 atom stereocenters. The second kappa shape index (κ2) is 8.27. The van der Waals surface area contributed by atoms with Crippen LogP contribution in [0.15, 0.2) is 46.9 Å². The van der Waals surface area contributed by atoms with E-state index < -0.39 is 0 Å². The highest BCUT2D eigenvalue weighted by Gasteiger charge is 2.15. The van der Waals surface area contributed by atoms with Crippen molar-refractivity contribution in [2.75, 3.05) is 11.9 Å². The molecule has 122 valence electrons. The number of nitrogens with two attached hydrogens (primary N) is 1. The molecular weight excluding hydrogens is 352 g/mol. The van der Waals surface area contributed by atoms with E-state index in [-0.39, 0.29) is 5.91 Å². The molecule has 0 fully saturated rings. The van der Waals surface area contributed by atoms with Crippen LogP contribution in [0.3, 0.4) is 0 Å². The van der Waals surface area contributed by atoms with Gasteiger partial charge in [0.05, 0.1) is 0 Å². The molecule has 0 unspecified atom stereocenters. The van der Waals surface area contributed by atoms with E-state index in [4.69, 9.17) is 0 Å². The van der Waals surface area contributed by atoms with Gasteiger partial charge in [0.15, 0.2) is 6.54 Å². The van der Waals surface area contributed by atoms with Gasteiger partial charge < -0.3 is 10.6 Å². The molecule has 0 aliphatic carbocycles. The Bertz CT molecular complexity index is 668. The number of aryl methyl sites for hydroxylation is 2. The van der Waals surface area contributed by atoms with Crippen LogP contribution in [0.25, 0.3) is 0 Å². The van der Waals surface area contributed by atoms with Crippen molar-refractivity contribution in [3.8, 4) is 0 Å². The first-order valence-corrected chi connectivity index (χ1v) is 8.74. The molecule has 0 saturated carbocycles. The second-order valence-electron chi connectivity index (χ2n) is 5.87. The lowest BCUT2D eigenvalue weighted by atomic mass is 10.0. The zero-order chi connectivity index (χ0) is 16.8. The third-order valence-corrected chi connectivity index (χ3v) is 4.51. The van der Waals surface area contributed by atoms with Gasteiger partial charge in [0, 0.05) is 22.1 Å². The number of carbonyl (C=O) groups is 1. The van der Waals surface area contributed by atoms with E-state index in [2.05, 4.69) is 58.6 Å². The van der Waals surface area contributed by atoms with E-state index >= 15 is 0 Å². The Balaban J connectivity index is 1.93. The van der Waals surface area contributed by atoms with Gasteiger partial charge in [-0.25, -0.2) is 0 Å². The molecule has 3 N–H and O–H groups in total. The Labute approximate surface area is 146 Å². The number of hydrogen-bond donors (Lipinski definition) is 2. The summed E-state index contributed by atoms with van der Waals surface area (Å²) in [7, 11) is 0. The molecule has 0 spiro atoms. The second-order valence-corrected chi connectivity index (χ2v) is 6.79. The van der Waals surface area contributed by atoms with E-state index in [1.165, 1.54) is 11.1 Å². The smallest absolute Gasteiger partial charge is 0.279 e. The molecule has 0 bridgehead atoms. The van der Waals surface area contributed by atoms with Crippen LogP contribution in [0.5, 0.6) is 0 Å². The summed E-state index contributed by atoms with van der Waals surface area (Å²) in [6.45, 7) is 6.63. The number of amides is 1. The molecule has 0 saturated heterocycles. The maximum Gasteiger partial charge on any atom is 0.279 e. The Hall–Kier alpha value is -1.65. The van der Waals surface area contributed by atoms with Crippen molar-refractivity contribution < 1.29 is 10.1 Å². The number of hydrogen-bond acceptors (Lipinski definition) is 1. The summed E-state index contributed by atoms with van der Waals surface area (Å²) < 4.78 is 1.07. The van der Waals surface area contributed by atoms with Crippen LogP contribution in [0.1, 0.15) is 36.1 Å². The van der Waals surface area contributed by atoms with E-state index in [1.54, 1.807) is 0 Å². The topological polar surface area (TPSA) is 45.7 Å². The first kappa shape index (κ1) is 17.7. The summed E-state index contributed by atoms with van der Waals surface area (Å²) in [5.41, 5.74) is 4.44. The maximum atomic E-state index is 12.2. The Morgan fingerprint density at radius 3 is 2.48 bits per heavy atom. The molecule has 23 heavy (non-hydrogen) atoms. The average molecular weight is 376 g/mol. The number of halogens is 1. The standard InChI is InChI=1S/C19H23BrN2O/c1-4-17(15-6-8-16(20)9-7-15)21-12-19(23)22-18-10-5-13(2)11-14(18)3/h5-11,17,21H,4,12H2,1-3H3,(H,22,23)/p+1/t17-/m1/s1. The molecule has 1 amide bonds. The van der Waals surface area contributed by atoms with Crippen molar-refractivity contribution in [1.29, 1.82) is 0 Å². The Kier molecular flexibility index (Phi) is 6.37. The molecule has 0 aliphatic heterocycles. The monoisotopic (exact) mass is 375 g/mol. The third-order valence-electron chi connectivity index (χ3n) is 3.98. The SMILES string of the molecule is CC[C@@H]([NH2+]CC(=O)Nc1ccc(C)cc1C)c1ccc(Br)cc1. The molecule has 2 aromatic rings. The summed E-state index contributed by atoms with van der Waals surface area (Å²) in [6, 6.07) is 14.7. The normalized spacial score (nSPS) is 12.0. The van der Waals surface area contributed by atoms with Gasteiger partial charge >= 0.3 is 0 Å². The van der Waals surface area contributed by atoms with Gasteiger partial charge in [0.25, 0.3) is 5.91 Å². The molecule has 2 aromatic carbocycles. The first-order chi connectivity index (χ1) is 11.0. The van der Waals surface area contributed by atoms with Crippen molar-refractivity contribution in [2.45, 2.75) is 33.2 Å². The van der Waals surface area contributed by atoms with Gasteiger partial charge in [-0.3, -0.25) is 4.79 Å². The summed E-state index contributed by atoms with van der Waals surface area (Å²) in [6.07, 6.45) is 0.985. The molecule has 0 radical (unpaired) electrons. The van der Waals surface area contributed by atoms with Crippen molar-refractivity contribution in [3.05, 3.63) is 63.6 Å². The van der Waals surface area contributed by atoms with Crippen molar-refractivity contribution in [1.82, 2.24) is 0 Å². The lowest BCUT2D eigenvalue weighted by Crippen LogP contribution is -2.87. The molecule has 3 nitrogen and oxygen atoms in total. The third kappa shape index (κ3) is 5.19. The quantitative estimate of drug-likeness (QED) is 0.793.